The van der Waals surface area contributed by atoms with Gasteiger partial charge in [0.2, 0.25) is 5.91 Å². The number of rotatable bonds is 6. The van der Waals surface area contributed by atoms with Crippen LogP contribution in [-0.4, -0.2) is 39.9 Å². The first kappa shape index (κ1) is 22.2. The maximum absolute atomic E-state index is 12.4. The average molecular weight is 433 g/mol. The zero-order chi connectivity index (χ0) is 20.1. The molecule has 0 radical (unpaired) electrons. The van der Waals surface area contributed by atoms with Crippen molar-refractivity contribution in [3.63, 3.8) is 0 Å². The lowest BCUT2D eigenvalue weighted by molar-refractivity contribution is -0.119. The first-order valence-electron chi connectivity index (χ1n) is 10.5. The van der Waals surface area contributed by atoms with Crippen LogP contribution in [0.4, 0.5) is 5.69 Å². The van der Waals surface area contributed by atoms with Crippen LogP contribution in [0.2, 0.25) is 0 Å². The molecule has 1 saturated carbocycles. The van der Waals surface area contributed by atoms with Crippen LogP contribution < -0.4 is 16.0 Å². The molecule has 1 saturated heterocycles. The van der Waals surface area contributed by atoms with Gasteiger partial charge in [-0.15, -0.1) is 17.5 Å². The van der Waals surface area contributed by atoms with Crippen molar-refractivity contribution in [3.05, 3.63) is 41.7 Å². The highest BCUT2D eigenvalue weighted by Crippen LogP contribution is 2.26. The Bertz CT molecular complexity index is 859. The third-order valence-electron chi connectivity index (χ3n) is 5.80. The molecule has 1 aliphatic heterocycles. The molecule has 3 N–H and O–H groups in total. The van der Waals surface area contributed by atoms with Crippen LogP contribution in [0.25, 0.3) is 0 Å². The van der Waals surface area contributed by atoms with Gasteiger partial charge in [-0.05, 0) is 56.5 Å². The predicted molar refractivity (Wildman–Crippen MR) is 117 cm³/mol. The lowest BCUT2D eigenvalue weighted by Crippen LogP contribution is -2.29. The fourth-order valence-corrected chi connectivity index (χ4v) is 4.09. The maximum Gasteiger partial charge on any atom is 0.273 e. The zero-order valence-electron chi connectivity index (χ0n) is 17.0. The Kier molecular flexibility index (Phi) is 7.81. The minimum atomic E-state index is -0.245. The van der Waals surface area contributed by atoms with Gasteiger partial charge < -0.3 is 16.0 Å². The minimum absolute atomic E-state index is 0. The van der Waals surface area contributed by atoms with E-state index in [1.165, 1.54) is 0 Å². The summed E-state index contributed by atoms with van der Waals surface area (Å²) < 4.78 is 1.80. The van der Waals surface area contributed by atoms with Crippen LogP contribution in [0.15, 0.2) is 30.5 Å². The summed E-state index contributed by atoms with van der Waals surface area (Å²) in [7, 11) is 0. The molecule has 9 heteroatoms. The summed E-state index contributed by atoms with van der Waals surface area (Å²) in [4.78, 5) is 24.7. The Hall–Kier alpha value is -2.45. The second-order valence-corrected chi connectivity index (χ2v) is 7.92. The summed E-state index contributed by atoms with van der Waals surface area (Å²) >= 11 is 0. The van der Waals surface area contributed by atoms with Gasteiger partial charge in [0, 0.05) is 18.2 Å². The number of benzene rings is 1. The van der Waals surface area contributed by atoms with Crippen molar-refractivity contribution in [3.8, 4) is 0 Å². The number of aromatic nitrogens is 3. The number of hydrogen-bond donors (Lipinski definition) is 3. The largest absolute Gasteiger partial charge is 0.347 e. The van der Waals surface area contributed by atoms with Gasteiger partial charge in [0.05, 0.1) is 12.2 Å². The molecule has 0 spiro atoms. The summed E-state index contributed by atoms with van der Waals surface area (Å²) in [5.74, 6) is -0.0234. The van der Waals surface area contributed by atoms with Crippen molar-refractivity contribution in [1.29, 1.82) is 0 Å². The number of carbonyl (C=O) groups is 2. The second-order valence-electron chi connectivity index (χ2n) is 7.92. The van der Waals surface area contributed by atoms with Crippen molar-refractivity contribution < 1.29 is 9.59 Å². The molecule has 0 atom stereocenters. The Morgan fingerprint density at radius 1 is 1.13 bits per heavy atom. The number of nitrogens with zero attached hydrogens (tertiary/aromatic N) is 3. The number of piperidine rings is 1. The van der Waals surface area contributed by atoms with E-state index >= 15 is 0 Å². The predicted octanol–water partition coefficient (Wildman–Crippen LogP) is 2.68. The van der Waals surface area contributed by atoms with Crippen LogP contribution in [0, 0.1) is 5.92 Å². The van der Waals surface area contributed by atoms with Gasteiger partial charge in [-0.1, -0.05) is 30.2 Å². The van der Waals surface area contributed by atoms with E-state index in [2.05, 4.69) is 26.3 Å². The Balaban J connectivity index is 0.00000256. The number of anilines is 1. The molecule has 1 aliphatic carbocycles. The van der Waals surface area contributed by atoms with Gasteiger partial charge >= 0.3 is 0 Å². The second kappa shape index (κ2) is 10.5. The summed E-state index contributed by atoms with van der Waals surface area (Å²) in [6, 6.07) is 7.89. The highest BCUT2D eigenvalue weighted by atomic mass is 35.5. The maximum atomic E-state index is 12.4. The van der Waals surface area contributed by atoms with E-state index < -0.39 is 0 Å². The Morgan fingerprint density at radius 3 is 2.67 bits per heavy atom. The van der Waals surface area contributed by atoms with E-state index in [1.807, 2.05) is 24.3 Å². The topological polar surface area (TPSA) is 101 Å². The van der Waals surface area contributed by atoms with Gasteiger partial charge in [-0.2, -0.15) is 0 Å². The smallest absolute Gasteiger partial charge is 0.273 e. The monoisotopic (exact) mass is 432 g/mol. The third kappa shape index (κ3) is 5.58. The van der Waals surface area contributed by atoms with Crippen LogP contribution >= 0.6 is 12.4 Å². The fraction of sp³-hybridized carbons (Fsp3) is 0.524. The Labute approximate surface area is 182 Å². The number of amides is 2. The Morgan fingerprint density at radius 2 is 1.90 bits per heavy atom. The van der Waals surface area contributed by atoms with Crippen molar-refractivity contribution in [2.75, 3.05) is 18.4 Å². The standard InChI is InChI=1S/C21H28N6O2.ClH/c28-20(16-5-1-2-6-16)24-17-7-3-4-15(12-17)13-23-21(29)19-14-27(26-25-19)18-8-10-22-11-9-18;/h3-4,7,12,14,16,18,22H,1-2,5-6,8-11,13H2,(H,23,29)(H,24,28);1H. The van der Waals surface area contributed by atoms with Crippen LogP contribution in [0.5, 0.6) is 0 Å². The van der Waals surface area contributed by atoms with E-state index in [9.17, 15) is 9.59 Å². The van der Waals surface area contributed by atoms with Crippen molar-refractivity contribution in [1.82, 2.24) is 25.6 Å². The lowest BCUT2D eigenvalue weighted by atomic mass is 10.1. The van der Waals surface area contributed by atoms with E-state index in [4.69, 9.17) is 0 Å². The van der Waals surface area contributed by atoms with Gasteiger partial charge in [-0.25, -0.2) is 4.68 Å². The quantitative estimate of drug-likeness (QED) is 0.651. The highest BCUT2D eigenvalue weighted by Gasteiger charge is 2.22. The molecule has 2 aliphatic rings. The molecule has 4 rings (SSSR count). The molecule has 0 unspecified atom stereocenters. The molecule has 30 heavy (non-hydrogen) atoms. The van der Waals surface area contributed by atoms with Gasteiger partial charge in [0.15, 0.2) is 5.69 Å². The molecule has 2 amide bonds. The van der Waals surface area contributed by atoms with Gasteiger partial charge in [-0.3, -0.25) is 9.59 Å². The SMILES string of the molecule is Cl.O=C(NCc1cccc(NC(=O)C2CCCC2)c1)c1cn(C2CCNCC2)nn1. The van der Waals surface area contributed by atoms with E-state index in [0.29, 0.717) is 18.3 Å². The molecule has 1 aromatic carbocycles. The number of hydrogen-bond acceptors (Lipinski definition) is 5. The summed E-state index contributed by atoms with van der Waals surface area (Å²) in [6.45, 7) is 2.28. The zero-order valence-corrected chi connectivity index (χ0v) is 17.8. The molecule has 2 aromatic rings. The van der Waals surface area contributed by atoms with Gasteiger partial charge in [0.1, 0.15) is 0 Å². The van der Waals surface area contributed by atoms with E-state index in [1.54, 1.807) is 10.9 Å². The number of carbonyl (C=O) groups excluding carboxylic acids is 2. The summed E-state index contributed by atoms with van der Waals surface area (Å²) in [5, 5.41) is 17.4. The third-order valence-corrected chi connectivity index (χ3v) is 5.80. The fourth-order valence-electron chi connectivity index (χ4n) is 4.09. The number of nitrogens with one attached hydrogen (secondary N) is 3. The van der Waals surface area contributed by atoms with Crippen LogP contribution in [0.3, 0.4) is 0 Å². The molecular weight excluding hydrogens is 404 g/mol. The van der Waals surface area contributed by atoms with Crippen molar-refractivity contribution >= 4 is 29.9 Å². The number of halogens is 1. The normalized spacial score (nSPS) is 17.3. The minimum Gasteiger partial charge on any atom is -0.347 e. The molecule has 162 valence electrons. The van der Waals surface area contributed by atoms with Gasteiger partial charge in [0.25, 0.3) is 5.91 Å². The molecule has 2 heterocycles. The molecule has 2 fully saturated rings. The summed E-state index contributed by atoms with van der Waals surface area (Å²) in [5.41, 5.74) is 2.02. The van der Waals surface area contributed by atoms with Crippen molar-refractivity contribution in [2.45, 2.75) is 51.1 Å². The highest BCUT2D eigenvalue weighted by molar-refractivity contribution is 5.93. The molecule has 1 aromatic heterocycles. The average Bonchev–Trinajstić information content (AvgIpc) is 3.45. The first-order valence-corrected chi connectivity index (χ1v) is 10.5. The molecule has 0 bridgehead atoms. The van der Waals surface area contributed by atoms with Crippen LogP contribution in [0.1, 0.15) is 60.6 Å². The molecule has 8 nitrogen and oxygen atoms in total. The summed E-state index contributed by atoms with van der Waals surface area (Å²) in [6.07, 6.45) is 7.91. The molecular formula is C21H29ClN6O2. The van der Waals surface area contributed by atoms with Crippen LogP contribution in [-0.2, 0) is 11.3 Å². The first-order chi connectivity index (χ1) is 14.2. The van der Waals surface area contributed by atoms with E-state index in [0.717, 1.165) is 62.9 Å². The lowest BCUT2D eigenvalue weighted by Gasteiger charge is -2.22. The van der Waals surface area contributed by atoms with E-state index in [-0.39, 0.29) is 30.1 Å². The van der Waals surface area contributed by atoms with Crippen molar-refractivity contribution in [2.24, 2.45) is 5.92 Å².